The second kappa shape index (κ2) is 5.95. The summed E-state index contributed by atoms with van der Waals surface area (Å²) in [5.41, 5.74) is 2.15. The monoisotopic (exact) mass is 281 g/mol. The van der Waals surface area contributed by atoms with Gasteiger partial charge in [0, 0.05) is 44.0 Å². The highest BCUT2D eigenvalue weighted by atomic mass is 16.2. The Morgan fingerprint density at radius 3 is 3.00 bits per heavy atom. The first kappa shape index (κ1) is 13.6. The van der Waals surface area contributed by atoms with Crippen LogP contribution in [0.3, 0.4) is 0 Å². The van der Waals surface area contributed by atoms with E-state index in [-0.39, 0.29) is 11.9 Å². The fourth-order valence-corrected chi connectivity index (χ4v) is 2.90. The van der Waals surface area contributed by atoms with Gasteiger partial charge in [-0.3, -0.25) is 9.78 Å². The van der Waals surface area contributed by atoms with Crippen molar-refractivity contribution in [3.8, 4) is 0 Å². The van der Waals surface area contributed by atoms with Gasteiger partial charge in [-0.15, -0.1) is 0 Å². The van der Waals surface area contributed by atoms with Gasteiger partial charge in [-0.2, -0.15) is 0 Å². The fraction of sp³-hybridized carbons (Fsp3) is 0.294. The molecular weight excluding hydrogens is 262 g/mol. The summed E-state index contributed by atoms with van der Waals surface area (Å²) in [4.78, 5) is 18.5. The number of aromatic nitrogens is 2. The standard InChI is InChI=1S/C17H19N3O/c1-19-11-3-6-15(19)16-7-4-12-20(16)17(21)9-8-14-5-2-10-18-13-14/h2-3,5-6,8-11,13,16H,4,7,12H2,1H3/b9-8+/t16-/m1/s1. The van der Waals surface area contributed by atoms with Crippen LogP contribution >= 0.6 is 0 Å². The Bertz CT molecular complexity index is 645. The SMILES string of the molecule is Cn1cccc1[C@H]1CCCN1C(=O)/C=C/c1cccnc1. The molecule has 0 radical (unpaired) electrons. The van der Waals surface area contributed by atoms with Crippen molar-refractivity contribution < 1.29 is 4.79 Å². The van der Waals surface area contributed by atoms with Gasteiger partial charge in [0.25, 0.3) is 0 Å². The molecule has 3 rings (SSSR count). The molecule has 2 aromatic rings. The number of aryl methyl sites for hydroxylation is 1. The molecule has 1 amide bonds. The van der Waals surface area contributed by atoms with E-state index in [1.165, 1.54) is 5.69 Å². The van der Waals surface area contributed by atoms with Crippen molar-refractivity contribution in [3.63, 3.8) is 0 Å². The van der Waals surface area contributed by atoms with Crippen LogP contribution < -0.4 is 0 Å². The molecule has 3 heterocycles. The van der Waals surface area contributed by atoms with Gasteiger partial charge in [0.2, 0.25) is 5.91 Å². The van der Waals surface area contributed by atoms with E-state index >= 15 is 0 Å². The Morgan fingerprint density at radius 1 is 1.38 bits per heavy atom. The van der Waals surface area contributed by atoms with Crippen LogP contribution in [0.4, 0.5) is 0 Å². The lowest BCUT2D eigenvalue weighted by Crippen LogP contribution is -2.29. The lowest BCUT2D eigenvalue weighted by atomic mass is 10.1. The third kappa shape index (κ3) is 2.89. The summed E-state index contributed by atoms with van der Waals surface area (Å²) in [6.45, 7) is 0.825. The smallest absolute Gasteiger partial charge is 0.247 e. The quantitative estimate of drug-likeness (QED) is 0.811. The minimum atomic E-state index is 0.0718. The fourth-order valence-electron chi connectivity index (χ4n) is 2.90. The highest BCUT2D eigenvalue weighted by molar-refractivity contribution is 5.92. The van der Waals surface area contributed by atoms with Gasteiger partial charge in [0.05, 0.1) is 6.04 Å². The van der Waals surface area contributed by atoms with E-state index in [9.17, 15) is 4.79 Å². The van der Waals surface area contributed by atoms with E-state index in [0.717, 1.165) is 24.9 Å². The predicted molar refractivity (Wildman–Crippen MR) is 82.4 cm³/mol. The zero-order chi connectivity index (χ0) is 14.7. The molecular formula is C17H19N3O. The van der Waals surface area contributed by atoms with E-state index in [4.69, 9.17) is 0 Å². The number of likely N-dealkylation sites (tertiary alicyclic amines) is 1. The maximum atomic E-state index is 12.4. The molecule has 1 aliphatic heterocycles. The van der Waals surface area contributed by atoms with Crippen molar-refractivity contribution in [2.75, 3.05) is 6.54 Å². The van der Waals surface area contributed by atoms with Gasteiger partial charge >= 0.3 is 0 Å². The van der Waals surface area contributed by atoms with Gasteiger partial charge in [0.1, 0.15) is 0 Å². The van der Waals surface area contributed by atoms with Crippen molar-refractivity contribution in [3.05, 3.63) is 60.2 Å². The molecule has 0 aliphatic carbocycles. The van der Waals surface area contributed by atoms with E-state index in [2.05, 4.69) is 15.6 Å². The number of carbonyl (C=O) groups is 1. The second-order valence-corrected chi connectivity index (χ2v) is 5.35. The molecule has 0 bridgehead atoms. The highest BCUT2D eigenvalue weighted by Gasteiger charge is 2.29. The minimum absolute atomic E-state index is 0.0718. The van der Waals surface area contributed by atoms with Gasteiger partial charge < -0.3 is 9.47 Å². The molecule has 2 aromatic heterocycles. The zero-order valence-electron chi connectivity index (χ0n) is 12.1. The molecule has 0 N–H and O–H groups in total. The van der Waals surface area contributed by atoms with E-state index in [1.807, 2.05) is 42.4 Å². The number of carbonyl (C=O) groups excluding carboxylic acids is 1. The topological polar surface area (TPSA) is 38.1 Å². The molecule has 1 fully saturated rings. The molecule has 1 saturated heterocycles. The highest BCUT2D eigenvalue weighted by Crippen LogP contribution is 2.32. The molecule has 0 spiro atoms. The molecule has 4 nitrogen and oxygen atoms in total. The van der Waals surface area contributed by atoms with Crippen LogP contribution in [0.15, 0.2) is 48.9 Å². The summed E-state index contributed by atoms with van der Waals surface area (Å²) in [5.74, 6) is 0.0718. The molecule has 21 heavy (non-hydrogen) atoms. The number of hydrogen-bond donors (Lipinski definition) is 0. The molecule has 1 aliphatic rings. The number of pyridine rings is 1. The van der Waals surface area contributed by atoms with E-state index in [1.54, 1.807) is 18.5 Å². The van der Waals surface area contributed by atoms with Gasteiger partial charge in [-0.1, -0.05) is 6.07 Å². The Balaban J connectivity index is 1.75. The first-order valence-electron chi connectivity index (χ1n) is 7.25. The third-order valence-electron chi connectivity index (χ3n) is 3.96. The predicted octanol–water partition coefficient (Wildman–Crippen LogP) is 2.80. The third-order valence-corrected chi connectivity index (χ3v) is 3.96. The number of amides is 1. The lowest BCUT2D eigenvalue weighted by Gasteiger charge is -2.24. The first-order chi connectivity index (χ1) is 10.3. The average Bonchev–Trinajstić information content (AvgIpc) is 3.14. The minimum Gasteiger partial charge on any atom is -0.353 e. The molecule has 0 unspecified atom stereocenters. The number of rotatable bonds is 3. The molecule has 1 atom stereocenters. The van der Waals surface area contributed by atoms with Gasteiger partial charge in [-0.25, -0.2) is 0 Å². The molecule has 4 heteroatoms. The van der Waals surface area contributed by atoms with Gasteiger partial charge in [0.15, 0.2) is 0 Å². The van der Waals surface area contributed by atoms with Crippen LogP contribution in [0.2, 0.25) is 0 Å². The van der Waals surface area contributed by atoms with Crippen molar-refractivity contribution in [1.82, 2.24) is 14.5 Å². The Morgan fingerprint density at radius 2 is 2.29 bits per heavy atom. The normalized spacial score (nSPS) is 18.5. The summed E-state index contributed by atoms with van der Waals surface area (Å²) in [7, 11) is 2.03. The van der Waals surface area contributed by atoms with Crippen LogP contribution in [-0.4, -0.2) is 26.9 Å². The maximum Gasteiger partial charge on any atom is 0.247 e. The van der Waals surface area contributed by atoms with E-state index in [0.29, 0.717) is 0 Å². The Labute approximate surface area is 124 Å². The van der Waals surface area contributed by atoms with Crippen molar-refractivity contribution >= 4 is 12.0 Å². The van der Waals surface area contributed by atoms with Crippen LogP contribution in [0, 0.1) is 0 Å². The lowest BCUT2D eigenvalue weighted by molar-refractivity contribution is -0.126. The largest absolute Gasteiger partial charge is 0.353 e. The average molecular weight is 281 g/mol. The van der Waals surface area contributed by atoms with E-state index < -0.39 is 0 Å². The van der Waals surface area contributed by atoms with Gasteiger partial charge in [-0.05, 0) is 42.7 Å². The summed E-state index contributed by atoms with van der Waals surface area (Å²) >= 11 is 0. The van der Waals surface area contributed by atoms with Crippen LogP contribution in [-0.2, 0) is 11.8 Å². The summed E-state index contributed by atoms with van der Waals surface area (Å²) < 4.78 is 2.10. The Hall–Kier alpha value is -2.36. The zero-order valence-corrected chi connectivity index (χ0v) is 12.1. The van der Waals surface area contributed by atoms with Crippen molar-refractivity contribution in [1.29, 1.82) is 0 Å². The summed E-state index contributed by atoms with van der Waals surface area (Å²) in [6.07, 6.45) is 11.1. The van der Waals surface area contributed by atoms with Crippen molar-refractivity contribution in [2.45, 2.75) is 18.9 Å². The van der Waals surface area contributed by atoms with Crippen LogP contribution in [0.5, 0.6) is 0 Å². The van der Waals surface area contributed by atoms with Crippen molar-refractivity contribution in [2.24, 2.45) is 7.05 Å². The number of nitrogens with zero attached hydrogens (tertiary/aromatic N) is 3. The van der Waals surface area contributed by atoms with Crippen LogP contribution in [0.25, 0.3) is 6.08 Å². The van der Waals surface area contributed by atoms with Crippen LogP contribution in [0.1, 0.15) is 30.1 Å². The Kier molecular flexibility index (Phi) is 3.86. The maximum absolute atomic E-state index is 12.4. The molecule has 0 aromatic carbocycles. The molecule has 108 valence electrons. The summed E-state index contributed by atoms with van der Waals surface area (Å²) in [6, 6.07) is 8.13. The number of hydrogen-bond acceptors (Lipinski definition) is 2. The first-order valence-corrected chi connectivity index (χ1v) is 7.25. The molecule has 0 saturated carbocycles. The summed E-state index contributed by atoms with van der Waals surface area (Å²) in [5, 5.41) is 0. The second-order valence-electron chi connectivity index (χ2n) is 5.35.